The van der Waals surface area contributed by atoms with Crippen LogP contribution in [-0.4, -0.2) is 20.1 Å². The maximum atomic E-state index is 7.56. The second-order valence-electron chi connectivity index (χ2n) is 34.9. The van der Waals surface area contributed by atoms with Gasteiger partial charge in [-0.1, -0.05) is 340 Å². The van der Waals surface area contributed by atoms with Crippen LogP contribution in [0.5, 0.6) is 11.5 Å². The van der Waals surface area contributed by atoms with Crippen LogP contribution < -0.4 is 78.4 Å². The van der Waals surface area contributed by atoms with Crippen molar-refractivity contribution in [3.8, 4) is 112 Å². The summed E-state index contributed by atoms with van der Waals surface area (Å²) in [6, 6.07) is 173. The number of nitrogens with zero attached hydrogens (tertiary/aromatic N) is 5. The van der Waals surface area contributed by atoms with E-state index in [1.54, 1.807) is 0 Å². The Kier molecular flexibility index (Phi) is 16.4. The minimum absolute atomic E-state index is 0.207. The zero-order chi connectivity index (χ0) is 84.5. The van der Waals surface area contributed by atoms with E-state index in [4.69, 9.17) is 4.74 Å². The van der Waals surface area contributed by atoms with Crippen molar-refractivity contribution in [1.82, 2.24) is 0 Å². The summed E-state index contributed by atoms with van der Waals surface area (Å²) in [4.78, 5) is 13.3. The number of para-hydroxylation sites is 4. The van der Waals surface area contributed by atoms with Crippen molar-refractivity contribution >= 4 is 155 Å². The molecule has 0 unspecified atom stereocenters. The van der Waals surface area contributed by atoms with Gasteiger partial charge >= 0.3 is 0 Å². The van der Waals surface area contributed by atoms with Gasteiger partial charge in [0.05, 0.1) is 11.4 Å². The third-order valence-electron chi connectivity index (χ3n) is 27.8. The molecular weight excluding hydrogens is 1560 g/mol. The number of benzene rings is 20. The Balaban J connectivity index is 0.804. The molecule has 0 spiro atoms. The summed E-state index contributed by atoms with van der Waals surface area (Å²) in [6.45, 7) is -0.871. The van der Waals surface area contributed by atoms with E-state index in [0.717, 1.165) is 191 Å². The van der Waals surface area contributed by atoms with Gasteiger partial charge in [-0.3, -0.25) is 0 Å². The summed E-state index contributed by atoms with van der Waals surface area (Å²) in [5.74, 6) is 1.68. The number of rotatable bonds is 13. The van der Waals surface area contributed by atoms with E-state index in [9.17, 15) is 0 Å². The smallest absolute Gasteiger partial charge is 0.252 e. The highest BCUT2D eigenvalue weighted by atomic mass is 16.5. The van der Waals surface area contributed by atoms with E-state index >= 15 is 0 Å². The number of hydrogen-bond donors (Lipinski definition) is 0. The molecule has 0 atom stereocenters. The molecule has 0 N–H and O–H groups in total. The molecule has 0 aliphatic carbocycles. The predicted octanol–water partition coefficient (Wildman–Crippen LogP) is 25.6. The number of fused-ring (bicyclic) bond motifs is 10. The molecule has 0 amide bonds. The fraction of sp³-hybridized carbons (Fsp3) is 0. The lowest BCUT2D eigenvalue weighted by atomic mass is 9.28. The first-order chi connectivity index (χ1) is 64.0. The molecule has 0 bridgehead atoms. The highest BCUT2D eigenvalue weighted by molar-refractivity contribution is 7.06. The van der Waals surface area contributed by atoms with Crippen molar-refractivity contribution in [3.63, 3.8) is 0 Å². The first-order valence-corrected chi connectivity index (χ1v) is 44.8. The summed E-state index contributed by atoms with van der Waals surface area (Å²) < 4.78 is 7.56. The van der Waals surface area contributed by atoms with E-state index < -0.39 is 0 Å². The summed E-state index contributed by atoms with van der Waals surface area (Å²) in [5, 5.41) is 0. The molecule has 20 aromatic rings. The largest absolute Gasteiger partial charge is 0.453 e. The van der Waals surface area contributed by atoms with Gasteiger partial charge < -0.3 is 29.2 Å². The summed E-state index contributed by atoms with van der Waals surface area (Å²) in [6.07, 6.45) is 0. The van der Waals surface area contributed by atoms with Crippen molar-refractivity contribution in [2.24, 2.45) is 0 Å². The van der Waals surface area contributed by atoms with Crippen molar-refractivity contribution in [2.75, 3.05) is 24.5 Å². The quantitative estimate of drug-likeness (QED) is 0.107. The fourth-order valence-corrected chi connectivity index (χ4v) is 22.3. The van der Waals surface area contributed by atoms with E-state index in [1.165, 1.54) is 54.9 Å². The number of ether oxygens (including phenoxy) is 1. The van der Waals surface area contributed by atoms with Crippen LogP contribution in [0.2, 0.25) is 0 Å². The molecule has 27 rings (SSSR count). The predicted molar refractivity (Wildman–Crippen MR) is 543 cm³/mol. The highest BCUT2D eigenvalue weighted by Crippen LogP contribution is 2.59. The number of hydrogen-bond acceptors (Lipinski definition) is 6. The average molecular weight is 1640 g/mol. The van der Waals surface area contributed by atoms with Crippen molar-refractivity contribution in [1.29, 1.82) is 0 Å². The lowest BCUT2D eigenvalue weighted by molar-refractivity contribution is 0.478. The standard InChI is InChI=1S/C120H76B3N5O/c1-10-34-77(35-11-1)86-60-87(78-36-12-2-13-37-78)65-95(64-86)124-106-57-31-29-53-100(106)122-103-74-104-108(75-107(103)126(110-73-94(72-109(124)115(110)122)85-50-26-9-27-51-85)97-68-90(81-42-18-5-19-43-81)62-91(69-97)82-44-20-6-21-45-82)127(98-70-92(83-46-22-7-23-47-83)63-93(71-98)84-48-24-8-25-49-84)112-76-111-116-120-117(112)123(104)102-55-33-59-114-119(102)128(120)118-101(54-32-58-113(118)129-114)121(116)99-52-28-30-56-105(99)125(111)96-66-88(79-38-14-3-15-39-79)61-89(67-96)80-40-16-4-17-41-80/h1-76H. The third-order valence-corrected chi connectivity index (χ3v) is 27.8. The Morgan fingerprint density at radius 2 is 0.372 bits per heavy atom. The van der Waals surface area contributed by atoms with Gasteiger partial charge in [0.2, 0.25) is 0 Å². The minimum atomic E-state index is -0.352. The van der Waals surface area contributed by atoms with Crippen LogP contribution in [0.3, 0.4) is 0 Å². The van der Waals surface area contributed by atoms with Crippen LogP contribution in [0.1, 0.15) is 0 Å². The Labute approximate surface area is 751 Å². The summed E-state index contributed by atoms with van der Waals surface area (Å²) in [7, 11) is 0. The average Bonchev–Trinajstić information content (AvgIpc) is 0.706. The van der Waals surface area contributed by atoms with Gasteiger partial charge in [0, 0.05) is 73.9 Å². The molecule has 596 valence electrons. The molecule has 129 heavy (non-hydrogen) atoms. The van der Waals surface area contributed by atoms with Crippen LogP contribution in [-0.2, 0) is 0 Å². The third kappa shape index (κ3) is 11.4. The van der Waals surface area contributed by atoms with Crippen molar-refractivity contribution in [2.45, 2.75) is 0 Å². The number of anilines is 15. The molecule has 20 aromatic carbocycles. The molecule has 7 aliphatic rings. The molecule has 6 nitrogen and oxygen atoms in total. The van der Waals surface area contributed by atoms with Crippen LogP contribution in [0.25, 0.3) is 100 Å². The van der Waals surface area contributed by atoms with Gasteiger partial charge in [-0.25, -0.2) is 0 Å². The van der Waals surface area contributed by atoms with Crippen LogP contribution in [0, 0.1) is 0 Å². The zero-order valence-electron chi connectivity index (χ0n) is 70.3. The highest BCUT2D eigenvalue weighted by Gasteiger charge is 2.56. The SMILES string of the molecule is c1ccc(-c2cc(-c3ccccc3)cc(N3c4ccccc4B4c5cc6c(cc5N(c5cc(-c7ccccc7)cc(-c7ccccc7)c5)c5cc(-c7ccccc7)cc3c54)N(c3cc(-c4ccccc4)cc(-c4ccccc4)c3)c3cc4c5c7c3B6c3cccc6c3N7c3c(cccc3B5c3ccccc3N4c3cc(-c4ccccc4)cc(-c4ccccc4)c3)O6)c2)cc1. The van der Waals surface area contributed by atoms with Crippen LogP contribution >= 0.6 is 0 Å². The van der Waals surface area contributed by atoms with Gasteiger partial charge in [0.25, 0.3) is 20.1 Å². The van der Waals surface area contributed by atoms with Crippen LogP contribution in [0.15, 0.2) is 461 Å². The van der Waals surface area contributed by atoms with Gasteiger partial charge in [-0.05, 0) is 271 Å². The second-order valence-corrected chi connectivity index (χ2v) is 34.9. The zero-order valence-corrected chi connectivity index (χ0v) is 70.3. The van der Waals surface area contributed by atoms with Crippen LogP contribution in [0.4, 0.5) is 85.3 Å². The lowest BCUT2D eigenvalue weighted by Crippen LogP contribution is -2.69. The van der Waals surface area contributed by atoms with E-state index in [-0.39, 0.29) is 20.1 Å². The molecule has 0 fully saturated rings. The molecule has 7 aliphatic heterocycles. The Morgan fingerprint density at radius 3 is 0.674 bits per heavy atom. The molecule has 0 aromatic heterocycles. The Hall–Kier alpha value is -16.6. The monoisotopic (exact) mass is 1640 g/mol. The van der Waals surface area contributed by atoms with Crippen molar-refractivity contribution < 1.29 is 4.74 Å². The molecule has 0 radical (unpaired) electrons. The van der Waals surface area contributed by atoms with Gasteiger partial charge in [0.1, 0.15) is 0 Å². The first-order valence-electron chi connectivity index (χ1n) is 44.8. The Bertz CT molecular complexity index is 7760. The minimum Gasteiger partial charge on any atom is -0.453 e. The van der Waals surface area contributed by atoms with Gasteiger partial charge in [0.15, 0.2) is 11.5 Å². The molecule has 0 saturated carbocycles. The maximum absolute atomic E-state index is 7.56. The Morgan fingerprint density at radius 1 is 0.140 bits per heavy atom. The second kappa shape index (κ2) is 29.0. The molecular formula is C120H76B3N5O. The van der Waals surface area contributed by atoms with E-state index in [0.29, 0.717) is 0 Å². The van der Waals surface area contributed by atoms with Crippen molar-refractivity contribution in [3.05, 3.63) is 461 Å². The topological polar surface area (TPSA) is 25.4 Å². The summed E-state index contributed by atoms with van der Waals surface area (Å²) in [5.41, 5.74) is 47.7. The van der Waals surface area contributed by atoms with Gasteiger partial charge in [-0.2, -0.15) is 0 Å². The first kappa shape index (κ1) is 72.8. The fourth-order valence-electron chi connectivity index (χ4n) is 22.3. The molecule has 0 saturated heterocycles. The normalized spacial score (nSPS) is 13.2. The lowest BCUT2D eigenvalue weighted by Gasteiger charge is -2.52. The molecule has 7 heterocycles. The van der Waals surface area contributed by atoms with E-state index in [1.807, 2.05) is 0 Å². The maximum Gasteiger partial charge on any atom is 0.252 e. The summed E-state index contributed by atoms with van der Waals surface area (Å²) >= 11 is 0. The van der Waals surface area contributed by atoms with Gasteiger partial charge in [-0.15, -0.1) is 0 Å². The van der Waals surface area contributed by atoms with E-state index in [2.05, 4.69) is 486 Å². The molecule has 9 heteroatoms.